The van der Waals surface area contributed by atoms with Crippen LogP contribution in [0.1, 0.15) is 22.3 Å². The highest BCUT2D eigenvalue weighted by Crippen LogP contribution is 2.57. The van der Waals surface area contributed by atoms with Gasteiger partial charge in [-0.25, -0.2) is 9.97 Å². The van der Waals surface area contributed by atoms with Crippen molar-refractivity contribution in [3.05, 3.63) is 247 Å². The third-order valence-electron chi connectivity index (χ3n) is 11.9. The van der Waals surface area contributed by atoms with Gasteiger partial charge in [-0.05, 0) is 85.6 Å². The minimum Gasteiger partial charge on any atom is -0.256 e. The summed E-state index contributed by atoms with van der Waals surface area (Å²) in [5.41, 5.74) is 16.1. The van der Waals surface area contributed by atoms with Crippen LogP contribution in [0, 0.1) is 0 Å². The van der Waals surface area contributed by atoms with Crippen molar-refractivity contribution in [2.24, 2.45) is 0 Å². The Morgan fingerprint density at radius 1 is 0.305 bits per heavy atom. The summed E-state index contributed by atoms with van der Waals surface area (Å²) >= 11 is 0. The highest BCUT2D eigenvalue weighted by Gasteiger charge is 2.46. The van der Waals surface area contributed by atoms with E-state index in [1.807, 2.05) is 36.5 Å². The minimum absolute atomic E-state index is 0.611. The molecule has 0 fully saturated rings. The van der Waals surface area contributed by atoms with Gasteiger partial charge in [-0.3, -0.25) is 4.98 Å². The Kier molecular flexibility index (Phi) is 8.37. The fourth-order valence-electron chi connectivity index (χ4n) is 9.18. The summed E-state index contributed by atoms with van der Waals surface area (Å²) in [5, 5.41) is 2.38. The van der Waals surface area contributed by atoms with Crippen LogP contribution in [0.2, 0.25) is 0 Å². The maximum atomic E-state index is 5.26. The van der Waals surface area contributed by atoms with Crippen molar-refractivity contribution in [3.63, 3.8) is 0 Å². The van der Waals surface area contributed by atoms with Gasteiger partial charge in [0, 0.05) is 28.5 Å². The molecule has 3 nitrogen and oxygen atoms in total. The highest BCUT2D eigenvalue weighted by atomic mass is 14.9. The molecule has 1 aliphatic carbocycles. The van der Waals surface area contributed by atoms with E-state index in [9.17, 15) is 0 Å². The monoisotopic (exact) mass is 751 g/mol. The number of hydrogen-bond donors (Lipinski definition) is 0. The van der Waals surface area contributed by atoms with Crippen LogP contribution in [0.3, 0.4) is 0 Å². The molecular weight excluding hydrogens is 715 g/mol. The summed E-state index contributed by atoms with van der Waals surface area (Å²) < 4.78 is 0. The molecule has 3 heteroatoms. The van der Waals surface area contributed by atoms with E-state index in [0.29, 0.717) is 5.82 Å². The maximum Gasteiger partial charge on any atom is 0.160 e. The number of pyridine rings is 1. The fraction of sp³-hybridized carbons (Fsp3) is 0.0179. The van der Waals surface area contributed by atoms with Crippen LogP contribution in [0.4, 0.5) is 0 Å². The van der Waals surface area contributed by atoms with Gasteiger partial charge in [0.25, 0.3) is 0 Å². The van der Waals surface area contributed by atoms with Crippen molar-refractivity contribution < 1.29 is 0 Å². The van der Waals surface area contributed by atoms with Crippen LogP contribution >= 0.6 is 0 Å². The van der Waals surface area contributed by atoms with Gasteiger partial charge in [0.05, 0.1) is 22.5 Å². The second-order valence-electron chi connectivity index (χ2n) is 15.1. The second-order valence-corrected chi connectivity index (χ2v) is 15.1. The van der Waals surface area contributed by atoms with Crippen LogP contribution in [0.15, 0.2) is 225 Å². The Morgan fingerprint density at radius 3 is 1.39 bits per heavy atom. The van der Waals surface area contributed by atoms with E-state index >= 15 is 0 Å². The van der Waals surface area contributed by atoms with Gasteiger partial charge in [0.1, 0.15) is 0 Å². The first-order valence-corrected chi connectivity index (χ1v) is 20.1. The Bertz CT molecular complexity index is 3030. The lowest BCUT2D eigenvalue weighted by Crippen LogP contribution is -2.28. The van der Waals surface area contributed by atoms with E-state index in [2.05, 4.69) is 188 Å². The van der Waals surface area contributed by atoms with Gasteiger partial charge in [-0.2, -0.15) is 0 Å². The molecule has 276 valence electrons. The standard InChI is InChI=1S/C56H37N3/c1-5-17-38(18-6-1)53-37-54(59-55(58-53)39-19-7-2-8-20-39)41-29-31-48-47-30-28-40(44-32-33-49(52-27-15-16-34-57-52)46-26-14-13-25-45(44)46)35-50(47)56(51(48)36-41,42-21-9-3-10-22-42)43-23-11-4-12-24-43/h1-37H. The summed E-state index contributed by atoms with van der Waals surface area (Å²) in [4.78, 5) is 15.1. The highest BCUT2D eigenvalue weighted by molar-refractivity contribution is 6.05. The van der Waals surface area contributed by atoms with E-state index in [1.165, 1.54) is 55.3 Å². The molecule has 10 aromatic rings. The Labute approximate surface area is 344 Å². The molecule has 8 aromatic carbocycles. The zero-order valence-electron chi connectivity index (χ0n) is 32.2. The predicted octanol–water partition coefficient (Wildman–Crippen LogP) is 13.7. The van der Waals surface area contributed by atoms with Gasteiger partial charge in [-0.1, -0.05) is 188 Å². The topological polar surface area (TPSA) is 38.7 Å². The van der Waals surface area contributed by atoms with Crippen LogP contribution in [-0.4, -0.2) is 15.0 Å². The minimum atomic E-state index is -0.611. The zero-order chi connectivity index (χ0) is 39.2. The summed E-state index contributed by atoms with van der Waals surface area (Å²) in [6.07, 6.45) is 1.86. The molecule has 2 heterocycles. The average Bonchev–Trinajstić information content (AvgIpc) is 3.62. The number of nitrogens with zero attached hydrogens (tertiary/aromatic N) is 3. The van der Waals surface area contributed by atoms with Crippen LogP contribution in [0.25, 0.3) is 78.2 Å². The Hall–Kier alpha value is -7.75. The lowest BCUT2D eigenvalue weighted by atomic mass is 9.67. The lowest BCUT2D eigenvalue weighted by Gasteiger charge is -2.34. The van der Waals surface area contributed by atoms with E-state index in [-0.39, 0.29) is 0 Å². The zero-order valence-corrected chi connectivity index (χ0v) is 32.2. The van der Waals surface area contributed by atoms with Crippen molar-refractivity contribution in [1.29, 1.82) is 0 Å². The van der Waals surface area contributed by atoms with Gasteiger partial charge in [0.2, 0.25) is 0 Å². The molecule has 0 bridgehead atoms. The summed E-state index contributed by atoms with van der Waals surface area (Å²) in [7, 11) is 0. The molecule has 0 unspecified atom stereocenters. The Balaban J connectivity index is 1.15. The predicted molar refractivity (Wildman–Crippen MR) is 242 cm³/mol. The van der Waals surface area contributed by atoms with Crippen LogP contribution < -0.4 is 0 Å². The first kappa shape index (κ1) is 34.5. The van der Waals surface area contributed by atoms with Gasteiger partial charge < -0.3 is 0 Å². The van der Waals surface area contributed by atoms with Crippen LogP contribution in [0.5, 0.6) is 0 Å². The van der Waals surface area contributed by atoms with Crippen LogP contribution in [-0.2, 0) is 5.41 Å². The second kappa shape index (κ2) is 14.3. The van der Waals surface area contributed by atoms with E-state index in [0.717, 1.165) is 39.3 Å². The molecule has 11 rings (SSSR count). The summed E-state index contributed by atoms with van der Waals surface area (Å²) in [5.74, 6) is 0.703. The van der Waals surface area contributed by atoms with E-state index in [4.69, 9.17) is 15.0 Å². The summed E-state index contributed by atoms with van der Waals surface area (Å²) in [6.45, 7) is 0. The number of fused-ring (bicyclic) bond motifs is 4. The molecule has 0 amide bonds. The first-order chi connectivity index (χ1) is 29.3. The number of benzene rings is 8. The van der Waals surface area contributed by atoms with Crippen molar-refractivity contribution >= 4 is 10.8 Å². The third-order valence-corrected chi connectivity index (χ3v) is 11.9. The largest absolute Gasteiger partial charge is 0.256 e. The van der Waals surface area contributed by atoms with Crippen molar-refractivity contribution in [1.82, 2.24) is 15.0 Å². The smallest absolute Gasteiger partial charge is 0.160 e. The number of aromatic nitrogens is 3. The normalized spacial score (nSPS) is 12.5. The Morgan fingerprint density at radius 2 is 0.780 bits per heavy atom. The van der Waals surface area contributed by atoms with Gasteiger partial charge in [0.15, 0.2) is 5.82 Å². The maximum absolute atomic E-state index is 5.26. The number of hydrogen-bond acceptors (Lipinski definition) is 3. The van der Waals surface area contributed by atoms with E-state index in [1.54, 1.807) is 0 Å². The van der Waals surface area contributed by atoms with Crippen molar-refractivity contribution in [2.45, 2.75) is 5.41 Å². The molecule has 0 spiro atoms. The van der Waals surface area contributed by atoms with Gasteiger partial charge in [-0.15, -0.1) is 0 Å². The summed E-state index contributed by atoms with van der Waals surface area (Å²) in [6, 6.07) is 78.1. The molecular formula is C56H37N3. The molecule has 0 radical (unpaired) electrons. The van der Waals surface area contributed by atoms with E-state index < -0.39 is 5.41 Å². The molecule has 2 aromatic heterocycles. The SMILES string of the molecule is c1ccc(-c2cc(-c3ccc4c(c3)C(c3ccccc3)(c3ccccc3)c3cc(-c5ccc(-c6ccccn6)c6ccccc56)ccc3-4)nc(-c3ccccc3)n2)cc1. The molecule has 0 saturated heterocycles. The number of rotatable bonds is 7. The van der Waals surface area contributed by atoms with Crippen molar-refractivity contribution in [3.8, 4) is 67.4 Å². The molecule has 59 heavy (non-hydrogen) atoms. The molecule has 0 N–H and O–H groups in total. The quantitative estimate of drug-likeness (QED) is 0.163. The lowest BCUT2D eigenvalue weighted by molar-refractivity contribution is 0.769. The van der Waals surface area contributed by atoms with Crippen molar-refractivity contribution in [2.75, 3.05) is 0 Å². The third kappa shape index (κ3) is 5.78. The molecule has 0 saturated carbocycles. The molecule has 1 aliphatic rings. The van der Waals surface area contributed by atoms with Gasteiger partial charge >= 0.3 is 0 Å². The fourth-order valence-corrected chi connectivity index (χ4v) is 9.18. The average molecular weight is 752 g/mol. The molecule has 0 atom stereocenters. The molecule has 0 aliphatic heterocycles. The first-order valence-electron chi connectivity index (χ1n) is 20.1.